The highest BCUT2D eigenvalue weighted by Gasteiger charge is 2.11. The molecular weight excluding hydrogens is 207 g/mol. The molecule has 0 saturated carbocycles. The van der Waals surface area contributed by atoms with Crippen molar-refractivity contribution in [2.45, 2.75) is 26.7 Å². The van der Waals surface area contributed by atoms with Gasteiger partial charge in [-0.2, -0.15) is 0 Å². The van der Waals surface area contributed by atoms with Crippen LogP contribution in [0.2, 0.25) is 0 Å². The zero-order valence-electron chi connectivity index (χ0n) is 9.70. The summed E-state index contributed by atoms with van der Waals surface area (Å²) in [5.74, 6) is -0.000866. The Bertz CT molecular complexity index is 346. The van der Waals surface area contributed by atoms with Crippen LogP contribution in [0.5, 0.6) is 5.75 Å². The molecule has 0 spiro atoms. The fraction of sp³-hybridized carbons (Fsp3) is 0.462. The minimum Gasteiger partial charge on any atom is -0.489 e. The number of aldehydes is 1. The summed E-state index contributed by atoms with van der Waals surface area (Å²) in [6.45, 7) is 4.59. The van der Waals surface area contributed by atoms with Crippen LogP contribution in [-0.2, 0) is 0 Å². The van der Waals surface area contributed by atoms with Crippen LogP contribution in [0, 0.1) is 11.7 Å². The smallest absolute Gasteiger partial charge is 0.165 e. The minimum absolute atomic E-state index is 0.0735. The van der Waals surface area contributed by atoms with E-state index in [0.717, 1.165) is 12.8 Å². The Morgan fingerprint density at radius 2 is 2.06 bits per heavy atom. The number of hydrogen-bond acceptors (Lipinski definition) is 2. The van der Waals surface area contributed by atoms with Crippen molar-refractivity contribution >= 4 is 6.29 Å². The van der Waals surface area contributed by atoms with Gasteiger partial charge >= 0.3 is 0 Å². The summed E-state index contributed by atoms with van der Waals surface area (Å²) in [4.78, 5) is 10.7. The largest absolute Gasteiger partial charge is 0.489 e. The summed E-state index contributed by atoms with van der Waals surface area (Å²) in [5, 5.41) is 0. The third-order valence-electron chi connectivity index (χ3n) is 2.74. The number of rotatable bonds is 6. The average molecular weight is 224 g/mol. The van der Waals surface area contributed by atoms with Gasteiger partial charge in [0.15, 0.2) is 17.9 Å². The second-order valence-electron chi connectivity index (χ2n) is 3.77. The van der Waals surface area contributed by atoms with Crippen LogP contribution in [0.25, 0.3) is 0 Å². The monoisotopic (exact) mass is 224 g/mol. The van der Waals surface area contributed by atoms with Gasteiger partial charge in [-0.3, -0.25) is 4.79 Å². The zero-order chi connectivity index (χ0) is 12.0. The molecule has 1 rings (SSSR count). The molecule has 0 radical (unpaired) electrons. The van der Waals surface area contributed by atoms with Crippen LogP contribution in [0.3, 0.4) is 0 Å². The highest BCUT2D eigenvalue weighted by atomic mass is 19.1. The number of carbonyl (C=O) groups is 1. The second-order valence-corrected chi connectivity index (χ2v) is 3.77. The van der Waals surface area contributed by atoms with Gasteiger partial charge in [0.1, 0.15) is 0 Å². The first-order valence-electron chi connectivity index (χ1n) is 5.59. The summed E-state index contributed by atoms with van der Waals surface area (Å²) in [6, 6.07) is 4.36. The summed E-state index contributed by atoms with van der Waals surface area (Å²) in [5.41, 5.74) is 0.269. The molecule has 1 aromatic rings. The van der Waals surface area contributed by atoms with Gasteiger partial charge in [-0.25, -0.2) is 4.39 Å². The standard InChI is InChI=1S/C13H17FO2/c1-3-10(4-2)9-16-13-11(8-15)6-5-7-12(13)14/h5-8,10H,3-4,9H2,1-2H3. The van der Waals surface area contributed by atoms with Gasteiger partial charge in [0.2, 0.25) is 0 Å². The van der Waals surface area contributed by atoms with Crippen LogP contribution < -0.4 is 4.74 Å². The summed E-state index contributed by atoms with van der Waals surface area (Å²) >= 11 is 0. The second kappa shape index (κ2) is 6.26. The topological polar surface area (TPSA) is 26.3 Å². The van der Waals surface area contributed by atoms with E-state index in [1.165, 1.54) is 12.1 Å². The van der Waals surface area contributed by atoms with Crippen molar-refractivity contribution in [2.75, 3.05) is 6.61 Å². The van der Waals surface area contributed by atoms with E-state index in [4.69, 9.17) is 4.74 Å². The third kappa shape index (κ3) is 3.05. The van der Waals surface area contributed by atoms with E-state index in [2.05, 4.69) is 13.8 Å². The van der Waals surface area contributed by atoms with E-state index in [1.54, 1.807) is 6.07 Å². The number of carbonyl (C=O) groups excluding carboxylic acids is 1. The maximum atomic E-state index is 13.4. The molecule has 0 aromatic heterocycles. The molecule has 16 heavy (non-hydrogen) atoms. The highest BCUT2D eigenvalue weighted by molar-refractivity contribution is 5.79. The molecule has 3 heteroatoms. The number of para-hydroxylation sites is 1. The van der Waals surface area contributed by atoms with Crippen LogP contribution in [0.1, 0.15) is 37.0 Å². The molecule has 0 aliphatic rings. The fourth-order valence-corrected chi connectivity index (χ4v) is 1.50. The molecule has 0 amide bonds. The third-order valence-corrected chi connectivity index (χ3v) is 2.74. The van der Waals surface area contributed by atoms with Crippen molar-refractivity contribution in [1.29, 1.82) is 0 Å². The predicted octanol–water partition coefficient (Wildman–Crippen LogP) is 3.45. The van der Waals surface area contributed by atoms with Crippen molar-refractivity contribution in [3.63, 3.8) is 0 Å². The zero-order valence-corrected chi connectivity index (χ0v) is 9.70. The summed E-state index contributed by atoms with van der Waals surface area (Å²) in [7, 11) is 0. The summed E-state index contributed by atoms with van der Waals surface area (Å²) < 4.78 is 18.8. The number of benzene rings is 1. The van der Waals surface area contributed by atoms with Crippen molar-refractivity contribution in [2.24, 2.45) is 5.92 Å². The molecule has 0 aliphatic carbocycles. The Hall–Kier alpha value is -1.38. The normalized spacial score (nSPS) is 10.5. The molecule has 0 atom stereocenters. The van der Waals surface area contributed by atoms with E-state index in [9.17, 15) is 9.18 Å². The lowest BCUT2D eigenvalue weighted by Crippen LogP contribution is -2.11. The van der Waals surface area contributed by atoms with E-state index in [0.29, 0.717) is 18.8 Å². The Labute approximate surface area is 95.4 Å². The molecule has 0 unspecified atom stereocenters. The lowest BCUT2D eigenvalue weighted by Gasteiger charge is -2.15. The van der Waals surface area contributed by atoms with Gasteiger partial charge in [-0.15, -0.1) is 0 Å². The molecule has 88 valence electrons. The molecule has 2 nitrogen and oxygen atoms in total. The van der Waals surface area contributed by atoms with Gasteiger partial charge in [0.05, 0.1) is 12.2 Å². The summed E-state index contributed by atoms with van der Waals surface area (Å²) in [6.07, 6.45) is 2.59. The SMILES string of the molecule is CCC(CC)COc1c(F)cccc1C=O. The molecule has 0 heterocycles. The molecule has 0 bridgehead atoms. The quantitative estimate of drug-likeness (QED) is 0.692. The fourth-order valence-electron chi connectivity index (χ4n) is 1.50. The van der Waals surface area contributed by atoms with E-state index in [1.807, 2.05) is 0 Å². The van der Waals surface area contributed by atoms with Crippen LogP contribution in [0.15, 0.2) is 18.2 Å². The van der Waals surface area contributed by atoms with Gasteiger partial charge < -0.3 is 4.74 Å². The van der Waals surface area contributed by atoms with E-state index >= 15 is 0 Å². The molecular formula is C13H17FO2. The first-order chi connectivity index (χ1) is 7.72. The molecule has 0 saturated heterocycles. The van der Waals surface area contributed by atoms with Crippen molar-refractivity contribution in [3.05, 3.63) is 29.6 Å². The van der Waals surface area contributed by atoms with Crippen LogP contribution in [-0.4, -0.2) is 12.9 Å². The van der Waals surface area contributed by atoms with Gasteiger partial charge in [0, 0.05) is 0 Å². The molecule has 0 fully saturated rings. The molecule has 1 aromatic carbocycles. The number of halogens is 1. The van der Waals surface area contributed by atoms with Gasteiger partial charge in [0.25, 0.3) is 0 Å². The maximum Gasteiger partial charge on any atom is 0.165 e. The van der Waals surface area contributed by atoms with Crippen LogP contribution in [0.4, 0.5) is 4.39 Å². The lowest BCUT2D eigenvalue weighted by molar-refractivity contribution is 0.111. The average Bonchev–Trinajstić information content (AvgIpc) is 2.31. The van der Waals surface area contributed by atoms with Gasteiger partial charge in [-0.05, 0) is 18.1 Å². The van der Waals surface area contributed by atoms with Crippen molar-refractivity contribution < 1.29 is 13.9 Å². The lowest BCUT2D eigenvalue weighted by atomic mass is 10.1. The van der Waals surface area contributed by atoms with Crippen molar-refractivity contribution in [1.82, 2.24) is 0 Å². The first kappa shape index (κ1) is 12.7. The number of ether oxygens (including phenoxy) is 1. The highest BCUT2D eigenvalue weighted by Crippen LogP contribution is 2.22. The first-order valence-corrected chi connectivity index (χ1v) is 5.59. The predicted molar refractivity (Wildman–Crippen MR) is 61.4 cm³/mol. The minimum atomic E-state index is -0.476. The maximum absolute atomic E-state index is 13.4. The van der Waals surface area contributed by atoms with E-state index in [-0.39, 0.29) is 11.3 Å². The Morgan fingerprint density at radius 1 is 1.38 bits per heavy atom. The Kier molecular flexibility index (Phi) is 4.96. The number of hydrogen-bond donors (Lipinski definition) is 0. The Morgan fingerprint density at radius 3 is 2.62 bits per heavy atom. The van der Waals surface area contributed by atoms with Crippen LogP contribution >= 0.6 is 0 Å². The molecule has 0 N–H and O–H groups in total. The Balaban J connectivity index is 2.76. The van der Waals surface area contributed by atoms with E-state index < -0.39 is 5.82 Å². The molecule has 0 aliphatic heterocycles. The van der Waals surface area contributed by atoms with Crippen molar-refractivity contribution in [3.8, 4) is 5.75 Å². The van der Waals surface area contributed by atoms with Gasteiger partial charge in [-0.1, -0.05) is 32.8 Å².